The molecule has 1 N–H and O–H groups in total. The zero-order chi connectivity index (χ0) is 13.8. The van der Waals surface area contributed by atoms with Gasteiger partial charge in [0.15, 0.2) is 0 Å². The van der Waals surface area contributed by atoms with Crippen molar-refractivity contribution >= 4 is 58.1 Å². The smallest absolute Gasteiger partial charge is 0.0809 e. The third-order valence-electron chi connectivity index (χ3n) is 2.28. The fraction of sp³-hybridized carbons (Fsp3) is 0.308. The van der Waals surface area contributed by atoms with Crippen LogP contribution in [0.2, 0.25) is 0 Å². The van der Waals surface area contributed by atoms with Gasteiger partial charge in [-0.3, -0.25) is 0 Å². The zero-order valence-electron chi connectivity index (χ0n) is 10.4. The summed E-state index contributed by atoms with van der Waals surface area (Å²) < 4.78 is 0. The first-order valence-electron chi connectivity index (χ1n) is 5.57. The van der Waals surface area contributed by atoms with Gasteiger partial charge in [0.1, 0.15) is 0 Å². The van der Waals surface area contributed by atoms with Gasteiger partial charge in [0.05, 0.1) is 0 Å². The summed E-state index contributed by atoms with van der Waals surface area (Å²) in [6, 6.07) is 14.7. The first-order chi connectivity index (χ1) is 8.69. The summed E-state index contributed by atoms with van der Waals surface area (Å²) in [5.41, 5.74) is 0. The topological polar surface area (TPSA) is 20.2 Å². The first-order valence-corrected chi connectivity index (χ1v) is 20.8. The van der Waals surface area contributed by atoms with Crippen LogP contribution < -0.4 is 0 Å². The normalized spacial score (nSPS) is 9.67. The molecule has 0 aliphatic carbocycles. The van der Waals surface area contributed by atoms with E-state index in [4.69, 9.17) is 4.89 Å². The molecule has 0 aliphatic heterocycles. The molecule has 2 aromatic carbocycles. The Morgan fingerprint density at radius 2 is 1.72 bits per heavy atom. The van der Waals surface area contributed by atoms with Crippen molar-refractivity contribution in [3.63, 3.8) is 0 Å². The summed E-state index contributed by atoms with van der Waals surface area (Å²) in [7, 11) is -0.136. The van der Waals surface area contributed by atoms with Crippen LogP contribution in [0.3, 0.4) is 0 Å². The summed E-state index contributed by atoms with van der Waals surface area (Å²) in [6.45, 7) is 4.02. The van der Waals surface area contributed by atoms with Crippen LogP contribution in [-0.4, -0.2) is 17.2 Å². The van der Waals surface area contributed by atoms with Crippen LogP contribution in [0.25, 0.3) is 10.8 Å². The van der Waals surface area contributed by atoms with Crippen LogP contribution >= 0.6 is 47.3 Å². The second-order valence-corrected chi connectivity index (χ2v) is 23.1. The molecule has 5 heteroatoms. The Hall–Kier alpha value is 1.33. The van der Waals surface area contributed by atoms with Gasteiger partial charge in [-0.25, -0.2) is 0 Å². The standard InChI is InChI=1S/C9H7.C4H11OP.2HI.Ir/c1-2-5-9-7-3-6-8(9)4-1;1-3-6(5)4-2;;;/h1-7H;5H,3-4H2,1-2H3;2*1H;/q-1;;;;+3/p-2. The Labute approximate surface area is 140 Å². The number of halogens is 2. The number of hydrogen-bond acceptors (Lipinski definition) is 1. The maximum Gasteiger partial charge on any atom is -0.0809 e. The van der Waals surface area contributed by atoms with E-state index in [-0.39, 0.29) is 0 Å². The summed E-state index contributed by atoms with van der Waals surface area (Å²) in [6.07, 6.45) is 1.90. The summed E-state index contributed by atoms with van der Waals surface area (Å²) >= 11 is 4.80. The minimum Gasteiger partial charge on any atom is -0.168 e. The van der Waals surface area contributed by atoms with Gasteiger partial charge < -0.3 is 4.89 Å². The second-order valence-electron chi connectivity index (χ2n) is 3.34. The van der Waals surface area contributed by atoms with E-state index in [0.29, 0.717) is 10.5 Å². The van der Waals surface area contributed by atoms with Crippen molar-refractivity contribution in [3.8, 4) is 0 Å². The number of hydrogen-bond donors (Lipinski definition) is 1. The predicted octanol–water partition coefficient (Wildman–Crippen LogP) is 5.74. The van der Waals surface area contributed by atoms with Gasteiger partial charge >= 0.3 is 49.7 Å². The van der Waals surface area contributed by atoms with Crippen molar-refractivity contribution in [2.75, 3.05) is 12.3 Å². The molecule has 104 valence electrons. The monoisotopic (exact) mass is 668 g/mol. The molecule has 0 aromatic heterocycles. The second kappa shape index (κ2) is 13.3. The van der Waals surface area contributed by atoms with Crippen LogP contribution in [0.5, 0.6) is 0 Å². The van der Waals surface area contributed by atoms with Crippen LogP contribution in [0.4, 0.5) is 0 Å². The molecule has 0 spiro atoms. The van der Waals surface area contributed by atoms with E-state index in [1.165, 1.54) is 10.8 Å². The van der Waals surface area contributed by atoms with E-state index in [2.05, 4.69) is 81.7 Å². The number of benzene rings is 1. The minimum absolute atomic E-state index is 0.440. The first kappa shape index (κ1) is 19.3. The van der Waals surface area contributed by atoms with E-state index in [0.717, 1.165) is 12.3 Å². The average molecular weight is 667 g/mol. The quantitative estimate of drug-likeness (QED) is 0.246. The van der Waals surface area contributed by atoms with Crippen molar-refractivity contribution < 1.29 is 15.4 Å². The molecular formula is C13H18I2IrOP. The fourth-order valence-electron chi connectivity index (χ4n) is 1.29. The van der Waals surface area contributed by atoms with E-state index < -0.39 is 8.15 Å². The van der Waals surface area contributed by atoms with Gasteiger partial charge in [-0.15, -0.1) is 29.7 Å². The molecule has 0 saturated heterocycles. The Balaban J connectivity index is 0.000000282. The molecule has 18 heavy (non-hydrogen) atoms. The third kappa shape index (κ3) is 9.27. The molecular weight excluding hydrogens is 649 g/mol. The van der Waals surface area contributed by atoms with Crippen LogP contribution in [0.15, 0.2) is 42.5 Å². The van der Waals surface area contributed by atoms with Crippen molar-refractivity contribution in [1.82, 2.24) is 0 Å². The predicted molar refractivity (Wildman–Crippen MR) is 97.8 cm³/mol. The summed E-state index contributed by atoms with van der Waals surface area (Å²) in [5, 5.41) is 2.66. The SMILES string of the molecule is CCP(O)CC.[I][Ir+][I].c1ccc2[cH-]ccc2c1. The summed E-state index contributed by atoms with van der Waals surface area (Å²) in [5.74, 6) is 0. The molecule has 0 amide bonds. The maximum atomic E-state index is 8.73. The van der Waals surface area contributed by atoms with Gasteiger partial charge in [0, 0.05) is 8.15 Å². The van der Waals surface area contributed by atoms with Crippen LogP contribution in [-0.2, 0) is 10.5 Å². The van der Waals surface area contributed by atoms with Crippen molar-refractivity contribution in [2.45, 2.75) is 13.8 Å². The molecule has 1 nitrogen and oxygen atoms in total. The third-order valence-corrected chi connectivity index (χ3v) is 3.74. The Morgan fingerprint density at radius 1 is 1.17 bits per heavy atom. The maximum absolute atomic E-state index is 8.73. The molecule has 0 bridgehead atoms. The molecule has 0 saturated carbocycles. The Morgan fingerprint density at radius 3 is 2.17 bits per heavy atom. The van der Waals surface area contributed by atoms with Gasteiger partial charge in [0.25, 0.3) is 0 Å². The largest absolute Gasteiger partial charge is 0.168 e. The Kier molecular flexibility index (Phi) is 14.3. The molecule has 2 aromatic rings. The van der Waals surface area contributed by atoms with Crippen molar-refractivity contribution in [1.29, 1.82) is 0 Å². The molecule has 0 fully saturated rings. The van der Waals surface area contributed by atoms with Crippen molar-refractivity contribution in [2.24, 2.45) is 0 Å². The van der Waals surface area contributed by atoms with E-state index in [9.17, 15) is 0 Å². The zero-order valence-corrected chi connectivity index (χ0v) is 18.0. The van der Waals surface area contributed by atoms with E-state index in [1.807, 2.05) is 13.8 Å². The van der Waals surface area contributed by atoms with Gasteiger partial charge in [-0.2, -0.15) is 17.5 Å². The molecule has 0 heterocycles. The minimum atomic E-state index is -0.576. The van der Waals surface area contributed by atoms with Gasteiger partial charge in [-0.1, -0.05) is 19.9 Å². The van der Waals surface area contributed by atoms with Crippen LogP contribution in [0.1, 0.15) is 13.8 Å². The van der Waals surface area contributed by atoms with Crippen molar-refractivity contribution in [3.05, 3.63) is 42.5 Å². The van der Waals surface area contributed by atoms with Gasteiger partial charge in [0.2, 0.25) is 0 Å². The van der Waals surface area contributed by atoms with Gasteiger partial charge in [-0.05, 0) is 12.3 Å². The molecule has 0 aliphatic rings. The average Bonchev–Trinajstić information content (AvgIpc) is 2.87. The number of fused-ring (bicyclic) bond motifs is 1. The molecule has 0 unspecified atom stereocenters. The Bertz CT molecular complexity index is 374. The molecule has 0 atom stereocenters. The fourth-order valence-corrected chi connectivity index (χ4v) is 1.74. The summed E-state index contributed by atoms with van der Waals surface area (Å²) in [4.78, 5) is 8.73. The molecule has 2 rings (SSSR count). The van der Waals surface area contributed by atoms with E-state index in [1.54, 1.807) is 0 Å². The van der Waals surface area contributed by atoms with E-state index >= 15 is 0 Å². The molecule has 0 radical (unpaired) electrons. The number of rotatable bonds is 2. The van der Waals surface area contributed by atoms with Crippen LogP contribution in [0, 0.1) is 0 Å².